The molecule has 0 saturated carbocycles. The van der Waals surface area contributed by atoms with Crippen molar-refractivity contribution >= 4 is 34.6 Å². The molecule has 166 valence electrons. The molecule has 33 heavy (non-hydrogen) atoms. The fourth-order valence-electron chi connectivity index (χ4n) is 4.70. The third-order valence-corrected chi connectivity index (χ3v) is 6.70. The first-order chi connectivity index (χ1) is 16.1. The van der Waals surface area contributed by atoms with Gasteiger partial charge in [-0.1, -0.05) is 11.6 Å². The molecule has 0 spiro atoms. The van der Waals surface area contributed by atoms with Crippen LogP contribution >= 0.6 is 11.6 Å². The predicted octanol–water partition coefficient (Wildman–Crippen LogP) is 3.99. The maximum Gasteiger partial charge on any atom is 0.298 e. The lowest BCUT2D eigenvalue weighted by molar-refractivity contribution is 0.0578. The number of rotatable bonds is 3. The topological polar surface area (TPSA) is 88.3 Å². The van der Waals surface area contributed by atoms with E-state index in [-0.39, 0.29) is 11.9 Å². The minimum absolute atomic E-state index is 0.101. The van der Waals surface area contributed by atoms with Crippen molar-refractivity contribution in [3.63, 3.8) is 0 Å². The number of aromatic nitrogens is 4. The van der Waals surface area contributed by atoms with Gasteiger partial charge >= 0.3 is 0 Å². The summed E-state index contributed by atoms with van der Waals surface area (Å²) in [6, 6.07) is 11.7. The Morgan fingerprint density at radius 1 is 1.12 bits per heavy atom. The van der Waals surface area contributed by atoms with Crippen LogP contribution < -0.4 is 4.90 Å². The maximum atomic E-state index is 13.6. The Morgan fingerprint density at radius 3 is 2.82 bits per heavy atom. The lowest BCUT2D eigenvalue weighted by Crippen LogP contribution is -2.65. The van der Waals surface area contributed by atoms with Crippen molar-refractivity contribution in [2.24, 2.45) is 5.92 Å². The largest absolute Gasteiger partial charge is 0.423 e. The van der Waals surface area contributed by atoms with E-state index in [4.69, 9.17) is 16.0 Å². The molecule has 2 atom stereocenters. The van der Waals surface area contributed by atoms with Gasteiger partial charge < -0.3 is 14.2 Å². The molecule has 0 unspecified atom stereocenters. The fraction of sp³-hybridized carbons (Fsp3) is 0.292. The van der Waals surface area contributed by atoms with E-state index in [9.17, 15) is 4.79 Å². The lowest BCUT2D eigenvalue weighted by atomic mass is 9.82. The average molecular weight is 461 g/mol. The van der Waals surface area contributed by atoms with Gasteiger partial charge in [-0.2, -0.15) is 4.98 Å². The van der Waals surface area contributed by atoms with Crippen molar-refractivity contribution in [2.45, 2.75) is 19.4 Å². The van der Waals surface area contributed by atoms with E-state index in [1.54, 1.807) is 30.6 Å². The Balaban J connectivity index is 1.26. The van der Waals surface area contributed by atoms with E-state index in [0.29, 0.717) is 52.7 Å². The van der Waals surface area contributed by atoms with Gasteiger partial charge in [-0.25, -0.2) is 15.0 Å². The number of nitrogens with zero attached hydrogens (tertiary/aromatic N) is 6. The molecule has 1 amide bonds. The van der Waals surface area contributed by atoms with Crippen molar-refractivity contribution in [1.29, 1.82) is 0 Å². The van der Waals surface area contributed by atoms with E-state index < -0.39 is 0 Å². The van der Waals surface area contributed by atoms with Gasteiger partial charge in [0.2, 0.25) is 0 Å². The Bertz CT molecular complexity index is 1360. The van der Waals surface area contributed by atoms with Crippen LogP contribution in [0.1, 0.15) is 22.6 Å². The molecular formula is C24H21ClN6O2. The highest BCUT2D eigenvalue weighted by Crippen LogP contribution is 2.38. The molecule has 0 radical (unpaired) electrons. The molecule has 0 N–H and O–H groups in total. The molecule has 2 fully saturated rings. The van der Waals surface area contributed by atoms with Crippen molar-refractivity contribution in [3.05, 3.63) is 65.2 Å². The molecule has 0 aliphatic carbocycles. The molecule has 5 heterocycles. The Morgan fingerprint density at radius 2 is 1.97 bits per heavy atom. The van der Waals surface area contributed by atoms with E-state index in [0.717, 1.165) is 24.2 Å². The van der Waals surface area contributed by atoms with E-state index in [1.165, 1.54) is 0 Å². The third kappa shape index (κ3) is 3.51. The number of anilines is 1. The van der Waals surface area contributed by atoms with Crippen LogP contribution in [0.4, 0.5) is 6.01 Å². The summed E-state index contributed by atoms with van der Waals surface area (Å²) in [6.45, 7) is 4.04. The van der Waals surface area contributed by atoms with Crippen LogP contribution in [-0.2, 0) is 0 Å². The molecular weight excluding hydrogens is 440 g/mol. The predicted molar refractivity (Wildman–Crippen MR) is 124 cm³/mol. The third-order valence-electron chi connectivity index (χ3n) is 6.47. The SMILES string of the molecule is Cc1ccc(-c2ncccn2)c(C(=O)N2CC[C@H]3CN(c4nc5cc(Cl)ccc5o4)[C@H]3C2)n1. The van der Waals surface area contributed by atoms with Gasteiger partial charge in [-0.3, -0.25) is 4.79 Å². The minimum atomic E-state index is -0.101. The standard InChI is InChI=1S/C24H21ClN6O2/c1-14-3-5-17(22-26-8-2-9-27-22)21(28-14)23(32)30-10-7-15-12-31(19(15)13-30)24-29-18-11-16(25)4-6-20(18)33-24/h2-6,8-9,11,15,19H,7,10,12-13H2,1H3/t15-,19-/m0/s1. The van der Waals surface area contributed by atoms with Gasteiger partial charge in [0, 0.05) is 48.7 Å². The lowest BCUT2D eigenvalue weighted by Gasteiger charge is -2.52. The molecule has 2 saturated heterocycles. The Hall–Kier alpha value is -3.52. The number of halogens is 1. The molecule has 3 aromatic heterocycles. The highest BCUT2D eigenvalue weighted by atomic mass is 35.5. The Kier molecular flexibility index (Phi) is 4.76. The number of fused-ring (bicyclic) bond motifs is 2. The quantitative estimate of drug-likeness (QED) is 0.456. The number of benzene rings is 1. The van der Waals surface area contributed by atoms with Gasteiger partial charge in [-0.15, -0.1) is 0 Å². The number of amides is 1. The first kappa shape index (κ1) is 20.1. The van der Waals surface area contributed by atoms with E-state index in [2.05, 4.69) is 24.8 Å². The van der Waals surface area contributed by atoms with Crippen LogP contribution in [0.25, 0.3) is 22.5 Å². The number of aryl methyl sites for hydroxylation is 1. The number of likely N-dealkylation sites (tertiary alicyclic amines) is 1. The second kappa shape index (κ2) is 7.81. The summed E-state index contributed by atoms with van der Waals surface area (Å²) < 4.78 is 5.97. The summed E-state index contributed by atoms with van der Waals surface area (Å²) in [5, 5.41) is 0.627. The maximum absolute atomic E-state index is 13.6. The highest BCUT2D eigenvalue weighted by Gasteiger charge is 2.46. The number of hydrogen-bond acceptors (Lipinski definition) is 7. The number of carbonyl (C=O) groups is 1. The number of piperidine rings is 1. The number of hydrogen-bond donors (Lipinski definition) is 0. The number of carbonyl (C=O) groups excluding carboxylic acids is 1. The smallest absolute Gasteiger partial charge is 0.298 e. The van der Waals surface area contributed by atoms with Crippen molar-refractivity contribution in [2.75, 3.05) is 24.5 Å². The first-order valence-corrected chi connectivity index (χ1v) is 11.3. The van der Waals surface area contributed by atoms with Crippen molar-refractivity contribution in [3.8, 4) is 11.4 Å². The van der Waals surface area contributed by atoms with Crippen LogP contribution in [0.15, 0.2) is 53.2 Å². The summed E-state index contributed by atoms with van der Waals surface area (Å²) in [4.78, 5) is 35.4. The highest BCUT2D eigenvalue weighted by molar-refractivity contribution is 6.31. The molecule has 6 rings (SSSR count). The van der Waals surface area contributed by atoms with Gasteiger partial charge in [0.25, 0.3) is 11.9 Å². The van der Waals surface area contributed by atoms with Crippen LogP contribution in [0.5, 0.6) is 0 Å². The first-order valence-electron chi connectivity index (χ1n) is 10.9. The van der Waals surface area contributed by atoms with Crippen LogP contribution in [0, 0.1) is 12.8 Å². The summed E-state index contributed by atoms with van der Waals surface area (Å²) in [5.41, 5.74) is 3.26. The number of pyridine rings is 1. The van der Waals surface area contributed by atoms with Gasteiger partial charge in [0.05, 0.1) is 11.6 Å². The van der Waals surface area contributed by atoms with Gasteiger partial charge in [0.15, 0.2) is 11.4 Å². The summed E-state index contributed by atoms with van der Waals surface area (Å²) in [6.07, 6.45) is 4.27. The zero-order valence-electron chi connectivity index (χ0n) is 18.0. The molecule has 8 nitrogen and oxygen atoms in total. The zero-order valence-corrected chi connectivity index (χ0v) is 18.7. The summed E-state index contributed by atoms with van der Waals surface area (Å²) >= 11 is 6.09. The second-order valence-electron chi connectivity index (χ2n) is 8.55. The average Bonchev–Trinajstić information content (AvgIpc) is 3.22. The summed E-state index contributed by atoms with van der Waals surface area (Å²) in [7, 11) is 0. The van der Waals surface area contributed by atoms with Crippen LogP contribution in [0.3, 0.4) is 0 Å². The van der Waals surface area contributed by atoms with E-state index >= 15 is 0 Å². The monoisotopic (exact) mass is 460 g/mol. The summed E-state index contributed by atoms with van der Waals surface area (Å²) in [5.74, 6) is 0.907. The Labute approximate surface area is 195 Å². The minimum Gasteiger partial charge on any atom is -0.423 e. The molecule has 9 heteroatoms. The molecule has 0 bridgehead atoms. The van der Waals surface area contributed by atoms with Gasteiger partial charge in [-0.05, 0) is 49.7 Å². The molecule has 1 aromatic carbocycles. The van der Waals surface area contributed by atoms with Gasteiger partial charge in [0.1, 0.15) is 11.2 Å². The fourth-order valence-corrected chi connectivity index (χ4v) is 4.87. The second-order valence-corrected chi connectivity index (χ2v) is 8.99. The molecule has 2 aliphatic rings. The van der Waals surface area contributed by atoms with Crippen LogP contribution in [0.2, 0.25) is 5.02 Å². The molecule has 4 aromatic rings. The van der Waals surface area contributed by atoms with Crippen LogP contribution in [-0.4, -0.2) is 56.4 Å². The molecule has 2 aliphatic heterocycles. The van der Waals surface area contributed by atoms with E-state index in [1.807, 2.05) is 30.0 Å². The van der Waals surface area contributed by atoms with Crippen molar-refractivity contribution in [1.82, 2.24) is 24.8 Å². The van der Waals surface area contributed by atoms with Crippen molar-refractivity contribution < 1.29 is 9.21 Å². The zero-order chi connectivity index (χ0) is 22.5. The number of oxazole rings is 1. The normalized spacial score (nSPS) is 19.9.